The first-order valence-electron chi connectivity index (χ1n) is 6.52. The van der Waals surface area contributed by atoms with Crippen LogP contribution in [0.3, 0.4) is 0 Å². The van der Waals surface area contributed by atoms with Crippen molar-refractivity contribution >= 4 is 11.6 Å². The predicted molar refractivity (Wildman–Crippen MR) is 78.0 cm³/mol. The van der Waals surface area contributed by atoms with Crippen molar-refractivity contribution in [3.05, 3.63) is 53.3 Å². The summed E-state index contributed by atoms with van der Waals surface area (Å²) in [5.74, 6) is 0.167. The zero-order valence-corrected chi connectivity index (χ0v) is 11.8. The van der Waals surface area contributed by atoms with Crippen molar-refractivity contribution in [2.24, 2.45) is 7.05 Å². The van der Waals surface area contributed by atoms with Gasteiger partial charge >= 0.3 is 0 Å². The van der Waals surface area contributed by atoms with E-state index in [9.17, 15) is 9.59 Å². The molecule has 1 amide bonds. The average molecular weight is 299 g/mol. The highest BCUT2D eigenvalue weighted by Gasteiger charge is 2.10. The number of aryl methyl sites for hydroxylation is 1. The molecule has 112 valence electrons. The normalized spacial score (nSPS) is 10.6. The van der Waals surface area contributed by atoms with Crippen molar-refractivity contribution in [2.45, 2.75) is 6.54 Å². The lowest BCUT2D eigenvalue weighted by molar-refractivity contribution is -0.117. The van der Waals surface area contributed by atoms with Gasteiger partial charge in [-0.1, -0.05) is 0 Å². The van der Waals surface area contributed by atoms with Gasteiger partial charge in [-0.05, 0) is 18.2 Å². The number of anilines is 1. The molecule has 3 aromatic rings. The van der Waals surface area contributed by atoms with Crippen LogP contribution in [0.1, 0.15) is 0 Å². The molecule has 1 N–H and O–H groups in total. The van der Waals surface area contributed by atoms with E-state index in [-0.39, 0.29) is 18.0 Å². The molecule has 0 aliphatic heterocycles. The second kappa shape index (κ2) is 5.68. The second-order valence-corrected chi connectivity index (χ2v) is 4.64. The Morgan fingerprint density at radius 3 is 2.91 bits per heavy atom. The lowest BCUT2D eigenvalue weighted by Crippen LogP contribution is -2.29. The van der Waals surface area contributed by atoms with E-state index in [0.717, 1.165) is 4.68 Å². The number of carbonyl (C=O) groups is 1. The average Bonchev–Trinajstić information content (AvgIpc) is 3.13. The maximum atomic E-state index is 12.0. The molecule has 0 spiro atoms. The van der Waals surface area contributed by atoms with Gasteiger partial charge in [0.1, 0.15) is 12.2 Å². The third-order valence-corrected chi connectivity index (χ3v) is 2.92. The van der Waals surface area contributed by atoms with Gasteiger partial charge < -0.3 is 9.73 Å². The van der Waals surface area contributed by atoms with Crippen LogP contribution >= 0.6 is 0 Å². The highest BCUT2D eigenvalue weighted by atomic mass is 16.3. The van der Waals surface area contributed by atoms with Crippen LogP contribution in [0.5, 0.6) is 0 Å². The van der Waals surface area contributed by atoms with Crippen molar-refractivity contribution < 1.29 is 9.21 Å². The quantitative estimate of drug-likeness (QED) is 0.771. The number of aromatic nitrogens is 4. The molecule has 22 heavy (non-hydrogen) atoms. The van der Waals surface area contributed by atoms with Crippen LogP contribution in [0, 0.1) is 0 Å². The van der Waals surface area contributed by atoms with Gasteiger partial charge in [0.2, 0.25) is 5.91 Å². The van der Waals surface area contributed by atoms with E-state index in [2.05, 4.69) is 15.5 Å². The van der Waals surface area contributed by atoms with Crippen molar-refractivity contribution in [3.8, 4) is 11.5 Å². The number of amides is 1. The Morgan fingerprint density at radius 2 is 2.23 bits per heavy atom. The molecular formula is C14H13N5O3. The van der Waals surface area contributed by atoms with Gasteiger partial charge in [0.15, 0.2) is 5.76 Å². The molecule has 0 aromatic carbocycles. The number of carbonyl (C=O) groups excluding carboxylic acids is 1. The molecule has 0 saturated heterocycles. The zero-order valence-electron chi connectivity index (χ0n) is 11.8. The predicted octanol–water partition coefficient (Wildman–Crippen LogP) is 0.875. The summed E-state index contributed by atoms with van der Waals surface area (Å²) in [7, 11) is 1.74. The summed E-state index contributed by atoms with van der Waals surface area (Å²) >= 11 is 0. The van der Waals surface area contributed by atoms with Crippen molar-refractivity contribution in [1.29, 1.82) is 0 Å². The minimum Gasteiger partial charge on any atom is -0.463 e. The first-order valence-corrected chi connectivity index (χ1v) is 6.52. The molecule has 8 nitrogen and oxygen atoms in total. The summed E-state index contributed by atoms with van der Waals surface area (Å²) in [6, 6.07) is 6.35. The summed E-state index contributed by atoms with van der Waals surface area (Å²) in [5, 5.41) is 10.7. The number of hydrogen-bond donors (Lipinski definition) is 1. The number of nitrogens with zero attached hydrogens (tertiary/aromatic N) is 4. The molecule has 0 bridgehead atoms. The molecule has 3 heterocycles. The standard InChI is InChI=1S/C14H13N5O3/c1-18-8-10(7-15-18)16-13(20)9-19-14(21)5-4-11(17-19)12-3-2-6-22-12/h2-8H,9H2,1H3,(H,16,20). The monoisotopic (exact) mass is 299 g/mol. The Morgan fingerprint density at radius 1 is 1.36 bits per heavy atom. The fourth-order valence-corrected chi connectivity index (χ4v) is 1.94. The summed E-state index contributed by atoms with van der Waals surface area (Å²) in [5.41, 5.74) is 0.679. The minimum atomic E-state index is -0.364. The molecule has 0 fully saturated rings. The Bertz CT molecular complexity index is 847. The third kappa shape index (κ3) is 2.95. The largest absolute Gasteiger partial charge is 0.463 e. The van der Waals surface area contributed by atoms with Crippen LogP contribution in [-0.2, 0) is 18.4 Å². The van der Waals surface area contributed by atoms with Crippen LogP contribution in [0.2, 0.25) is 0 Å². The zero-order chi connectivity index (χ0) is 15.5. The molecule has 0 saturated carbocycles. The van der Waals surface area contributed by atoms with E-state index in [1.54, 1.807) is 36.1 Å². The molecule has 0 aliphatic carbocycles. The summed E-state index contributed by atoms with van der Waals surface area (Å²) in [6.45, 7) is -0.192. The lowest BCUT2D eigenvalue weighted by Gasteiger charge is -2.06. The third-order valence-electron chi connectivity index (χ3n) is 2.92. The molecule has 3 rings (SSSR count). The minimum absolute atomic E-state index is 0.192. The van der Waals surface area contributed by atoms with Gasteiger partial charge in [0.05, 0.1) is 18.1 Å². The second-order valence-electron chi connectivity index (χ2n) is 4.64. The Balaban J connectivity index is 1.78. The van der Waals surface area contributed by atoms with E-state index in [4.69, 9.17) is 4.42 Å². The molecule has 0 aliphatic rings. The summed E-state index contributed by atoms with van der Waals surface area (Å²) in [6.07, 6.45) is 4.70. The fraction of sp³-hybridized carbons (Fsp3) is 0.143. The van der Waals surface area contributed by atoms with Crippen LogP contribution < -0.4 is 10.9 Å². The Hall–Kier alpha value is -3.16. The molecule has 0 atom stereocenters. The Labute approximate surface area is 125 Å². The van der Waals surface area contributed by atoms with E-state index >= 15 is 0 Å². The fourth-order valence-electron chi connectivity index (χ4n) is 1.94. The lowest BCUT2D eigenvalue weighted by atomic mass is 10.3. The van der Waals surface area contributed by atoms with E-state index < -0.39 is 0 Å². The number of rotatable bonds is 4. The van der Waals surface area contributed by atoms with Gasteiger partial charge in [-0.25, -0.2) is 4.68 Å². The maximum absolute atomic E-state index is 12.0. The van der Waals surface area contributed by atoms with Gasteiger partial charge in [0, 0.05) is 19.3 Å². The molecule has 0 unspecified atom stereocenters. The first kappa shape index (κ1) is 13.8. The molecular weight excluding hydrogens is 286 g/mol. The van der Waals surface area contributed by atoms with Crippen LogP contribution in [0.4, 0.5) is 5.69 Å². The molecule has 0 radical (unpaired) electrons. The first-order chi connectivity index (χ1) is 10.6. The van der Waals surface area contributed by atoms with Crippen molar-refractivity contribution in [3.63, 3.8) is 0 Å². The van der Waals surface area contributed by atoms with Gasteiger partial charge in [-0.3, -0.25) is 14.3 Å². The highest BCUT2D eigenvalue weighted by Crippen LogP contribution is 2.15. The number of hydrogen-bond acceptors (Lipinski definition) is 5. The SMILES string of the molecule is Cn1cc(NC(=O)Cn2nc(-c3ccco3)ccc2=O)cn1. The Kier molecular flexibility index (Phi) is 3.57. The van der Waals surface area contributed by atoms with Crippen LogP contribution in [0.15, 0.2) is 52.1 Å². The van der Waals surface area contributed by atoms with E-state index in [1.807, 2.05) is 0 Å². The van der Waals surface area contributed by atoms with Crippen LogP contribution in [-0.4, -0.2) is 25.5 Å². The van der Waals surface area contributed by atoms with E-state index in [0.29, 0.717) is 17.1 Å². The highest BCUT2D eigenvalue weighted by molar-refractivity contribution is 5.90. The maximum Gasteiger partial charge on any atom is 0.267 e. The molecule has 3 aromatic heterocycles. The van der Waals surface area contributed by atoms with Gasteiger partial charge in [-0.2, -0.15) is 10.2 Å². The molecule has 8 heteroatoms. The smallest absolute Gasteiger partial charge is 0.267 e. The van der Waals surface area contributed by atoms with Gasteiger partial charge in [0.25, 0.3) is 5.56 Å². The summed E-state index contributed by atoms with van der Waals surface area (Å²) < 4.78 is 7.88. The van der Waals surface area contributed by atoms with E-state index in [1.165, 1.54) is 18.5 Å². The van der Waals surface area contributed by atoms with Crippen molar-refractivity contribution in [2.75, 3.05) is 5.32 Å². The number of furan rings is 1. The van der Waals surface area contributed by atoms with Crippen LogP contribution in [0.25, 0.3) is 11.5 Å². The topological polar surface area (TPSA) is 95.0 Å². The number of nitrogens with one attached hydrogen (secondary N) is 1. The van der Waals surface area contributed by atoms with Crippen molar-refractivity contribution in [1.82, 2.24) is 19.6 Å². The summed E-state index contributed by atoms with van der Waals surface area (Å²) in [4.78, 5) is 23.8. The van der Waals surface area contributed by atoms with Gasteiger partial charge in [-0.15, -0.1) is 0 Å².